The van der Waals surface area contributed by atoms with E-state index in [9.17, 15) is 19.2 Å². The fourth-order valence-electron chi connectivity index (χ4n) is 12.5. The van der Waals surface area contributed by atoms with Crippen LogP contribution in [0.4, 0.5) is 5.00 Å². The molecule has 51 heavy (non-hydrogen) atoms. The number of hydrogen-bond acceptors (Lipinski definition) is 9. The highest BCUT2D eigenvalue weighted by atomic mass is 32.1. The number of carbonyl (C=O) groups is 4. The summed E-state index contributed by atoms with van der Waals surface area (Å²) in [4.78, 5) is 66.1. The summed E-state index contributed by atoms with van der Waals surface area (Å²) >= 11 is 5.20. The highest BCUT2D eigenvalue weighted by Crippen LogP contribution is 2.60. The highest BCUT2D eigenvalue weighted by Gasteiger charge is 2.54. The van der Waals surface area contributed by atoms with Crippen molar-refractivity contribution in [1.82, 2.24) is 0 Å². The monoisotopic (exact) mass is 736 g/mol. The molecule has 0 N–H and O–H groups in total. The van der Waals surface area contributed by atoms with Gasteiger partial charge in [0.05, 0.1) is 19.8 Å². The van der Waals surface area contributed by atoms with E-state index in [4.69, 9.17) is 9.98 Å². The van der Waals surface area contributed by atoms with Crippen LogP contribution in [0.3, 0.4) is 0 Å². The number of ketones is 4. The van der Waals surface area contributed by atoms with E-state index in [2.05, 4.69) is 12.1 Å². The zero-order chi connectivity index (χ0) is 34.2. The summed E-state index contributed by atoms with van der Waals surface area (Å²) < 4.78 is 4.90. The fourth-order valence-corrected chi connectivity index (χ4v) is 16.8. The quantitative estimate of drug-likeness (QED) is 0.262. The van der Waals surface area contributed by atoms with Gasteiger partial charge in [0, 0.05) is 44.2 Å². The van der Waals surface area contributed by atoms with Gasteiger partial charge in [0.15, 0.2) is 28.8 Å². The first-order valence-electron chi connectivity index (χ1n) is 19.9. The number of rotatable bonds is 2. The van der Waals surface area contributed by atoms with E-state index in [1.54, 1.807) is 34.0 Å². The van der Waals surface area contributed by atoms with Crippen molar-refractivity contribution in [2.24, 2.45) is 57.3 Å². The maximum atomic E-state index is 13.9. The Bertz CT molecular complexity index is 2090. The van der Waals surface area contributed by atoms with Gasteiger partial charge in [-0.25, -0.2) is 9.98 Å². The number of allylic oxidation sites excluding steroid dienone is 1. The number of fused-ring (bicyclic) bond motifs is 10. The van der Waals surface area contributed by atoms with Gasteiger partial charge >= 0.3 is 0 Å². The van der Waals surface area contributed by atoms with Crippen LogP contribution in [-0.4, -0.2) is 34.6 Å². The maximum absolute atomic E-state index is 13.9. The topological polar surface area (TPSA) is 93.0 Å². The third kappa shape index (κ3) is 4.62. The average Bonchev–Trinajstić information content (AvgIpc) is 3.95. The van der Waals surface area contributed by atoms with Gasteiger partial charge in [-0.1, -0.05) is 70.6 Å². The summed E-state index contributed by atoms with van der Waals surface area (Å²) in [6.45, 7) is 0. The van der Waals surface area contributed by atoms with Crippen molar-refractivity contribution < 1.29 is 19.2 Å². The Labute approximate surface area is 310 Å². The Balaban J connectivity index is 0.931. The number of Topliss-reactive ketones (excluding diaryl/α,β-unsaturated/α-hetero) is 4. The number of thiophene rings is 3. The maximum Gasteiger partial charge on any atom is 0.188 e. The van der Waals surface area contributed by atoms with Gasteiger partial charge in [0.1, 0.15) is 10.7 Å². The second-order valence-corrected chi connectivity index (χ2v) is 20.5. The molecule has 3 heterocycles. The average molecular weight is 737 g/mol. The van der Waals surface area contributed by atoms with Crippen LogP contribution in [0, 0.1) is 47.3 Å². The van der Waals surface area contributed by atoms with Gasteiger partial charge < -0.3 is 0 Å². The largest absolute Gasteiger partial charge is 0.292 e. The van der Waals surface area contributed by atoms with Crippen molar-refractivity contribution in [3.8, 4) is 0 Å². The molecule has 11 rings (SSSR count). The van der Waals surface area contributed by atoms with E-state index in [-0.39, 0.29) is 63.6 Å². The van der Waals surface area contributed by atoms with Crippen molar-refractivity contribution in [1.29, 1.82) is 0 Å². The number of hydrogen-bond donors (Lipinski definition) is 0. The molecule has 8 unspecified atom stereocenters. The number of nitrogens with zero attached hydrogens (tertiary/aromatic N) is 2. The number of carbonyl (C=O) groups excluding carboxylic acids is 4. The lowest BCUT2D eigenvalue weighted by Crippen LogP contribution is -2.35. The Morgan fingerprint density at radius 3 is 1.59 bits per heavy atom. The summed E-state index contributed by atoms with van der Waals surface area (Å²) in [7, 11) is 0. The first-order valence-corrected chi connectivity index (χ1v) is 22.4. The van der Waals surface area contributed by atoms with Crippen LogP contribution >= 0.6 is 34.0 Å². The summed E-state index contributed by atoms with van der Waals surface area (Å²) in [5.74, 6) is 1.74. The highest BCUT2D eigenvalue weighted by molar-refractivity contribution is 7.39. The molecule has 9 heteroatoms. The molecule has 0 amide bonds. The minimum Gasteiger partial charge on any atom is -0.292 e. The van der Waals surface area contributed by atoms with E-state index in [0.717, 1.165) is 66.8 Å². The van der Waals surface area contributed by atoms with Crippen molar-refractivity contribution in [2.75, 3.05) is 0 Å². The van der Waals surface area contributed by atoms with Crippen LogP contribution in [0.1, 0.15) is 120 Å². The Morgan fingerprint density at radius 1 is 0.549 bits per heavy atom. The molecule has 8 aliphatic rings. The summed E-state index contributed by atoms with van der Waals surface area (Å²) in [5, 5.41) is 0.758. The second-order valence-electron chi connectivity index (χ2n) is 17.4. The van der Waals surface area contributed by atoms with Gasteiger partial charge in [0.25, 0.3) is 0 Å². The second kappa shape index (κ2) is 11.7. The van der Waals surface area contributed by atoms with Crippen molar-refractivity contribution in [3.05, 3.63) is 22.2 Å². The van der Waals surface area contributed by atoms with E-state index < -0.39 is 0 Å². The summed E-state index contributed by atoms with van der Waals surface area (Å²) in [6, 6.07) is 2.09. The van der Waals surface area contributed by atoms with Gasteiger partial charge in [-0.05, 0) is 74.3 Å². The minimum absolute atomic E-state index is 0.0126. The molecule has 8 aliphatic carbocycles. The number of aliphatic imine (C=N–C) groups is 2. The molecule has 3 aromatic heterocycles. The van der Waals surface area contributed by atoms with Crippen LogP contribution in [0.2, 0.25) is 0 Å². The molecule has 1 spiro atoms. The standard InChI is InChI=1S/C42H44N2O4S3/c45-35-24-14-20-8-2-3-9-21(20)15-25(24)36(46)33(35)43-30-18-28-32(42(30)12-6-1-7-13-42)40-41(49-28)39-29(50-40)19-31(51-39)44-34-37(47)26-16-22-10-4-5-11-23(22)17-27(26)38(34)48/h18-27H,1-17H2. The molecule has 8 atom stereocenters. The summed E-state index contributed by atoms with van der Waals surface area (Å²) in [6.07, 6.45) is 20.9. The first kappa shape index (κ1) is 31.9. The lowest BCUT2D eigenvalue weighted by atomic mass is 9.64. The van der Waals surface area contributed by atoms with Gasteiger partial charge in [-0.2, -0.15) is 0 Å². The van der Waals surface area contributed by atoms with Crippen molar-refractivity contribution >= 4 is 98.4 Å². The lowest BCUT2D eigenvalue weighted by Gasteiger charge is -2.39. The fraction of sp³-hybridized carbons (Fsp3) is 0.619. The molecular formula is C42H44N2O4S3. The zero-order valence-corrected chi connectivity index (χ0v) is 31.5. The van der Waals surface area contributed by atoms with Crippen LogP contribution in [0.15, 0.2) is 21.7 Å². The van der Waals surface area contributed by atoms with E-state index in [1.165, 1.54) is 82.3 Å². The van der Waals surface area contributed by atoms with Gasteiger partial charge in [-0.15, -0.1) is 34.0 Å². The molecule has 0 saturated heterocycles. The predicted molar refractivity (Wildman–Crippen MR) is 206 cm³/mol. The van der Waals surface area contributed by atoms with Crippen molar-refractivity contribution in [2.45, 2.75) is 115 Å². The molecule has 264 valence electrons. The minimum atomic E-state index is -0.257. The Hall–Kier alpha value is -2.62. The predicted octanol–water partition coefficient (Wildman–Crippen LogP) is 10.2. The zero-order valence-electron chi connectivity index (χ0n) is 29.0. The normalized spacial score (nSPS) is 35.6. The van der Waals surface area contributed by atoms with E-state index in [0.29, 0.717) is 23.7 Å². The molecule has 7 saturated carbocycles. The molecule has 7 fully saturated rings. The van der Waals surface area contributed by atoms with Crippen LogP contribution in [-0.2, 0) is 24.6 Å². The third-order valence-electron chi connectivity index (χ3n) is 15.0. The molecule has 0 aromatic carbocycles. The molecule has 0 bridgehead atoms. The van der Waals surface area contributed by atoms with Gasteiger partial charge in [-0.3, -0.25) is 19.2 Å². The molecule has 0 aliphatic heterocycles. The SMILES string of the molecule is O=C1C(=NC2=Cc3sc4c(sc5cc(N=C6C(=O)C7CC8CCCCC8CC7C6=O)sc54)c3C23CCCCC3)C(=O)C2CC3CCCCC3CC12. The summed E-state index contributed by atoms with van der Waals surface area (Å²) in [5.41, 5.74) is 2.49. The van der Waals surface area contributed by atoms with Crippen molar-refractivity contribution in [3.63, 3.8) is 0 Å². The van der Waals surface area contributed by atoms with E-state index >= 15 is 0 Å². The molecule has 6 nitrogen and oxygen atoms in total. The molecular weight excluding hydrogens is 693 g/mol. The Morgan fingerprint density at radius 2 is 1.06 bits per heavy atom. The smallest absolute Gasteiger partial charge is 0.188 e. The third-order valence-corrected chi connectivity index (χ3v) is 18.7. The van der Waals surface area contributed by atoms with E-state index in [1.807, 2.05) is 0 Å². The first-order chi connectivity index (χ1) is 24.9. The van der Waals surface area contributed by atoms with Gasteiger partial charge in [0.2, 0.25) is 0 Å². The van der Waals surface area contributed by atoms with Crippen LogP contribution in [0.25, 0.3) is 24.9 Å². The van der Waals surface area contributed by atoms with Crippen LogP contribution in [0.5, 0.6) is 0 Å². The lowest BCUT2D eigenvalue weighted by molar-refractivity contribution is -0.123. The Kier molecular flexibility index (Phi) is 7.30. The molecule has 3 aromatic rings. The van der Waals surface area contributed by atoms with Crippen LogP contribution < -0.4 is 0 Å². The molecule has 0 radical (unpaired) electrons.